The van der Waals surface area contributed by atoms with Crippen LogP contribution in [0.3, 0.4) is 0 Å². The number of nitrogens with one attached hydrogen (secondary N) is 2. The number of benzene rings is 1. The van der Waals surface area contributed by atoms with Gasteiger partial charge in [0.15, 0.2) is 0 Å². The summed E-state index contributed by atoms with van der Waals surface area (Å²) in [5.41, 5.74) is 7.85. The van der Waals surface area contributed by atoms with Crippen LogP contribution in [0, 0.1) is 0 Å². The van der Waals surface area contributed by atoms with Crippen LogP contribution in [0.5, 0.6) is 0 Å². The quantitative estimate of drug-likeness (QED) is 0.728. The van der Waals surface area contributed by atoms with Crippen LogP contribution in [0.4, 0.5) is 11.4 Å². The third kappa shape index (κ3) is 4.91. The maximum Gasteiger partial charge on any atom is 0.265 e. The lowest BCUT2D eigenvalue weighted by atomic mass is 10.1. The molecule has 2 aromatic rings. The third-order valence-corrected chi connectivity index (χ3v) is 4.24. The van der Waals surface area contributed by atoms with Gasteiger partial charge in [0.2, 0.25) is 5.91 Å². The first-order chi connectivity index (χ1) is 11.1. The molecule has 0 aliphatic heterocycles. The van der Waals surface area contributed by atoms with E-state index in [2.05, 4.69) is 10.6 Å². The van der Waals surface area contributed by atoms with Crippen molar-refractivity contribution in [2.45, 2.75) is 26.2 Å². The predicted molar refractivity (Wildman–Crippen MR) is 95.0 cm³/mol. The van der Waals surface area contributed by atoms with Crippen LogP contribution in [0.15, 0.2) is 35.7 Å². The van der Waals surface area contributed by atoms with Gasteiger partial charge in [-0.3, -0.25) is 9.59 Å². The molecule has 2 rings (SSSR count). The summed E-state index contributed by atoms with van der Waals surface area (Å²) in [5.74, 6) is -0.212. The Morgan fingerprint density at radius 1 is 1.22 bits per heavy atom. The van der Waals surface area contributed by atoms with Crippen LogP contribution < -0.4 is 16.4 Å². The number of rotatable bonds is 7. The Kier molecular flexibility index (Phi) is 6.31. The van der Waals surface area contributed by atoms with Gasteiger partial charge in [-0.15, -0.1) is 11.3 Å². The van der Waals surface area contributed by atoms with Crippen LogP contribution in [-0.4, -0.2) is 18.4 Å². The minimum atomic E-state index is -0.148. The van der Waals surface area contributed by atoms with Crippen molar-refractivity contribution in [1.82, 2.24) is 0 Å². The van der Waals surface area contributed by atoms with E-state index in [0.29, 0.717) is 30.0 Å². The lowest BCUT2D eigenvalue weighted by Gasteiger charge is -2.12. The van der Waals surface area contributed by atoms with E-state index in [-0.39, 0.29) is 11.8 Å². The molecular formula is C17H21N3O2S. The second-order valence-electron chi connectivity index (χ2n) is 5.10. The Morgan fingerprint density at radius 2 is 2.04 bits per heavy atom. The van der Waals surface area contributed by atoms with Crippen molar-refractivity contribution in [3.05, 3.63) is 46.2 Å². The van der Waals surface area contributed by atoms with E-state index in [1.807, 2.05) is 30.5 Å². The minimum Gasteiger partial charge on any atom is -0.330 e. The fourth-order valence-corrected chi connectivity index (χ4v) is 2.77. The van der Waals surface area contributed by atoms with Gasteiger partial charge in [0.25, 0.3) is 5.91 Å². The van der Waals surface area contributed by atoms with Crippen molar-refractivity contribution in [2.24, 2.45) is 5.73 Å². The van der Waals surface area contributed by atoms with Crippen molar-refractivity contribution in [3.63, 3.8) is 0 Å². The molecule has 6 heteroatoms. The normalized spacial score (nSPS) is 10.3. The van der Waals surface area contributed by atoms with E-state index in [1.54, 1.807) is 12.1 Å². The van der Waals surface area contributed by atoms with Crippen molar-refractivity contribution in [3.8, 4) is 0 Å². The number of carbonyl (C=O) groups is 2. The fourth-order valence-electron chi connectivity index (χ4n) is 2.15. The third-order valence-electron chi connectivity index (χ3n) is 3.38. The molecule has 2 amide bonds. The molecule has 4 N–H and O–H groups in total. The maximum absolute atomic E-state index is 12.1. The fraction of sp³-hybridized carbons (Fsp3) is 0.294. The molecule has 0 aliphatic rings. The summed E-state index contributed by atoms with van der Waals surface area (Å²) >= 11 is 1.39. The first kappa shape index (κ1) is 17.2. The van der Waals surface area contributed by atoms with E-state index >= 15 is 0 Å². The molecule has 0 unspecified atom stereocenters. The smallest absolute Gasteiger partial charge is 0.265 e. The predicted octanol–water partition coefficient (Wildman–Crippen LogP) is 3.24. The number of hydrogen-bond acceptors (Lipinski definition) is 4. The number of nitrogens with two attached hydrogens (primary N) is 1. The molecular weight excluding hydrogens is 310 g/mol. The summed E-state index contributed by atoms with van der Waals surface area (Å²) in [6.07, 6.45) is 1.85. The molecule has 122 valence electrons. The van der Waals surface area contributed by atoms with E-state index in [0.717, 1.165) is 17.7 Å². The zero-order valence-corrected chi connectivity index (χ0v) is 13.9. The Labute approximate surface area is 139 Å². The summed E-state index contributed by atoms with van der Waals surface area (Å²) in [6, 6.07) is 9.17. The zero-order valence-electron chi connectivity index (χ0n) is 13.1. The monoisotopic (exact) mass is 331 g/mol. The van der Waals surface area contributed by atoms with Gasteiger partial charge in [-0.1, -0.05) is 19.1 Å². The maximum atomic E-state index is 12.1. The molecule has 0 fully saturated rings. The molecule has 23 heavy (non-hydrogen) atoms. The van der Waals surface area contributed by atoms with Gasteiger partial charge in [0, 0.05) is 17.8 Å². The topological polar surface area (TPSA) is 84.2 Å². The highest BCUT2D eigenvalue weighted by atomic mass is 32.1. The van der Waals surface area contributed by atoms with E-state index in [9.17, 15) is 9.59 Å². The summed E-state index contributed by atoms with van der Waals surface area (Å²) in [6.45, 7) is 2.51. The molecule has 0 saturated heterocycles. The molecule has 0 bridgehead atoms. The first-order valence-electron chi connectivity index (χ1n) is 7.61. The van der Waals surface area contributed by atoms with Gasteiger partial charge < -0.3 is 16.4 Å². The van der Waals surface area contributed by atoms with Crippen LogP contribution in [0.1, 0.15) is 35.0 Å². The average Bonchev–Trinajstić information content (AvgIpc) is 3.08. The number of hydrogen-bond donors (Lipinski definition) is 3. The Balaban J connectivity index is 2.11. The number of amides is 2. The van der Waals surface area contributed by atoms with Crippen molar-refractivity contribution in [1.29, 1.82) is 0 Å². The van der Waals surface area contributed by atoms with E-state index < -0.39 is 0 Å². The number of anilines is 2. The minimum absolute atomic E-state index is 0.0631. The summed E-state index contributed by atoms with van der Waals surface area (Å²) in [5, 5.41) is 7.61. The van der Waals surface area contributed by atoms with Gasteiger partial charge >= 0.3 is 0 Å². The molecule has 0 spiro atoms. The Bertz CT molecular complexity index is 668. The van der Waals surface area contributed by atoms with Crippen molar-refractivity contribution < 1.29 is 9.59 Å². The highest BCUT2D eigenvalue weighted by molar-refractivity contribution is 7.12. The van der Waals surface area contributed by atoms with Crippen LogP contribution in [-0.2, 0) is 11.2 Å². The molecule has 1 heterocycles. The molecule has 0 aliphatic carbocycles. The Morgan fingerprint density at radius 3 is 2.70 bits per heavy atom. The van der Waals surface area contributed by atoms with Gasteiger partial charge in [-0.05, 0) is 48.5 Å². The molecule has 0 atom stereocenters. The average molecular weight is 331 g/mol. The second kappa shape index (κ2) is 8.45. The summed E-state index contributed by atoms with van der Waals surface area (Å²) < 4.78 is 0. The number of thiophene rings is 1. The van der Waals surface area contributed by atoms with Crippen molar-refractivity contribution in [2.75, 3.05) is 17.2 Å². The lowest BCUT2D eigenvalue weighted by molar-refractivity contribution is -0.116. The van der Waals surface area contributed by atoms with Crippen LogP contribution >= 0.6 is 11.3 Å². The SMILES string of the molecule is CCc1ccc(NC(=O)c2cccs2)cc1NC(=O)CCCN. The molecule has 1 aromatic carbocycles. The summed E-state index contributed by atoms with van der Waals surface area (Å²) in [7, 11) is 0. The highest BCUT2D eigenvalue weighted by Crippen LogP contribution is 2.23. The Hall–Kier alpha value is -2.18. The first-order valence-corrected chi connectivity index (χ1v) is 8.49. The number of carbonyl (C=O) groups excluding carboxylic acids is 2. The standard InChI is InChI=1S/C17H21N3O2S/c1-2-12-7-8-13(19-17(22)15-5-4-10-23-15)11-14(12)20-16(21)6-3-9-18/h4-5,7-8,10-11H,2-3,6,9,18H2,1H3,(H,19,22)(H,20,21). The van der Waals surface area contributed by atoms with Gasteiger partial charge in [-0.25, -0.2) is 0 Å². The number of aryl methyl sites for hydroxylation is 1. The molecule has 5 nitrogen and oxygen atoms in total. The second-order valence-corrected chi connectivity index (χ2v) is 6.05. The van der Waals surface area contributed by atoms with E-state index in [1.165, 1.54) is 11.3 Å². The van der Waals surface area contributed by atoms with E-state index in [4.69, 9.17) is 5.73 Å². The van der Waals surface area contributed by atoms with Crippen molar-refractivity contribution >= 4 is 34.5 Å². The molecule has 1 aromatic heterocycles. The lowest BCUT2D eigenvalue weighted by Crippen LogP contribution is -2.15. The van der Waals surface area contributed by atoms with Crippen LogP contribution in [0.2, 0.25) is 0 Å². The largest absolute Gasteiger partial charge is 0.330 e. The molecule has 0 radical (unpaired) electrons. The van der Waals surface area contributed by atoms with Gasteiger partial charge in [0.1, 0.15) is 0 Å². The van der Waals surface area contributed by atoms with Gasteiger partial charge in [0.05, 0.1) is 4.88 Å². The highest BCUT2D eigenvalue weighted by Gasteiger charge is 2.10. The molecule has 0 saturated carbocycles. The van der Waals surface area contributed by atoms with Crippen LogP contribution in [0.25, 0.3) is 0 Å². The zero-order chi connectivity index (χ0) is 16.7. The summed E-state index contributed by atoms with van der Waals surface area (Å²) in [4.78, 5) is 24.7. The van der Waals surface area contributed by atoms with Gasteiger partial charge in [-0.2, -0.15) is 0 Å².